The Kier molecular flexibility index (Phi) is 6.58. The van der Waals surface area contributed by atoms with Crippen LogP contribution < -0.4 is 11.4 Å². The summed E-state index contributed by atoms with van der Waals surface area (Å²) >= 11 is 0. The van der Waals surface area contributed by atoms with E-state index in [9.17, 15) is 22.9 Å². The molecule has 168 valence electrons. The highest BCUT2D eigenvalue weighted by atomic mass is 31.2. The highest BCUT2D eigenvalue weighted by Crippen LogP contribution is 2.59. The van der Waals surface area contributed by atoms with E-state index in [1.807, 2.05) is 0 Å². The van der Waals surface area contributed by atoms with Gasteiger partial charge in [-0.15, -0.1) is 0 Å². The van der Waals surface area contributed by atoms with E-state index in [0.717, 1.165) is 6.20 Å². The second-order valence-corrected chi connectivity index (χ2v) is 8.41. The van der Waals surface area contributed by atoms with E-state index >= 15 is 0 Å². The lowest BCUT2D eigenvalue weighted by Crippen LogP contribution is -2.45. The summed E-state index contributed by atoms with van der Waals surface area (Å²) in [6.45, 7) is 2.70. The predicted octanol–water partition coefficient (Wildman–Crippen LogP) is 1.49. The van der Waals surface area contributed by atoms with E-state index in [4.69, 9.17) is 28.8 Å². The van der Waals surface area contributed by atoms with Gasteiger partial charge < -0.3 is 15.2 Å². The number of hydrogen-bond donors (Lipinski definition) is 1. The van der Waals surface area contributed by atoms with Crippen molar-refractivity contribution < 1.29 is 41.2 Å². The van der Waals surface area contributed by atoms with Crippen molar-refractivity contribution in [3.05, 3.63) is 22.7 Å². The molecule has 14 heteroatoms. The van der Waals surface area contributed by atoms with Crippen LogP contribution >= 0.6 is 7.82 Å². The number of hydrogen-bond acceptors (Lipinski definition) is 10. The molecule has 5 atom stereocenters. The average Bonchev–Trinajstić information content (AvgIpc) is 2.92. The van der Waals surface area contributed by atoms with Gasteiger partial charge in [-0.3, -0.25) is 22.9 Å². The number of aromatic nitrogens is 2. The number of anilines is 1. The molecule has 0 unspecified atom stereocenters. The van der Waals surface area contributed by atoms with E-state index in [1.165, 1.54) is 6.07 Å². The lowest BCUT2D eigenvalue weighted by molar-refractivity contribution is -0.148. The highest BCUT2D eigenvalue weighted by Gasteiger charge is 2.65. The molecule has 0 aliphatic carbocycles. The zero-order chi connectivity index (χ0) is 22.1. The van der Waals surface area contributed by atoms with Crippen LogP contribution in [0, 0.1) is 5.92 Å². The van der Waals surface area contributed by atoms with Crippen LogP contribution in [-0.2, 0) is 32.4 Å². The predicted molar refractivity (Wildman–Crippen MR) is 96.6 cm³/mol. The molecule has 2 saturated heterocycles. The summed E-state index contributed by atoms with van der Waals surface area (Å²) in [5, 5.41) is 0. The number of nitrogen functional groups attached to an aromatic ring is 1. The molecule has 1 aromatic heterocycles. The number of fused-ring (bicyclic) bond motifs is 1. The maximum absolute atomic E-state index is 14.9. The van der Waals surface area contributed by atoms with Crippen LogP contribution in [0.4, 0.5) is 14.6 Å². The minimum Gasteiger partial charge on any atom is -0.466 e. The van der Waals surface area contributed by atoms with Gasteiger partial charge in [-0.1, -0.05) is 6.92 Å². The van der Waals surface area contributed by atoms with Crippen molar-refractivity contribution in [2.75, 3.05) is 25.6 Å². The fraction of sp³-hybridized carbons (Fsp3) is 0.688. The molecule has 2 N–H and O–H groups in total. The van der Waals surface area contributed by atoms with Crippen LogP contribution in [0.2, 0.25) is 0 Å². The largest absolute Gasteiger partial charge is 0.475 e. The summed E-state index contributed by atoms with van der Waals surface area (Å²) in [6.07, 6.45) is -4.18. The maximum Gasteiger partial charge on any atom is 0.475 e. The number of phosphoric ester groups is 1. The molecule has 0 amide bonds. The van der Waals surface area contributed by atoms with Crippen molar-refractivity contribution in [1.29, 1.82) is 0 Å². The number of carbonyl (C=O) groups is 1. The van der Waals surface area contributed by atoms with Gasteiger partial charge in [0, 0.05) is 6.20 Å². The first-order valence-corrected chi connectivity index (χ1v) is 10.7. The number of alkyl halides is 2. The van der Waals surface area contributed by atoms with Gasteiger partial charge in [-0.2, -0.15) is 13.8 Å². The third-order valence-corrected chi connectivity index (χ3v) is 6.03. The Morgan fingerprint density at radius 2 is 2.27 bits per heavy atom. The number of phosphoric acid groups is 1. The van der Waals surface area contributed by atoms with Gasteiger partial charge in [-0.05, 0) is 19.4 Å². The van der Waals surface area contributed by atoms with E-state index in [1.54, 1.807) is 13.8 Å². The van der Waals surface area contributed by atoms with Gasteiger partial charge >= 0.3 is 25.4 Å². The Balaban J connectivity index is 1.66. The highest BCUT2D eigenvalue weighted by molar-refractivity contribution is 7.48. The Morgan fingerprint density at radius 1 is 1.53 bits per heavy atom. The second kappa shape index (κ2) is 8.67. The van der Waals surface area contributed by atoms with E-state index < -0.39 is 56.4 Å². The van der Waals surface area contributed by atoms with Crippen LogP contribution in [0.1, 0.15) is 26.5 Å². The van der Waals surface area contributed by atoms with Crippen LogP contribution in [-0.4, -0.2) is 53.5 Å². The quantitative estimate of drug-likeness (QED) is 0.477. The monoisotopic (exact) mass is 453 g/mol. The molecule has 0 aromatic carbocycles. The number of rotatable bonds is 7. The molecule has 3 rings (SSSR count). The third kappa shape index (κ3) is 4.54. The molecule has 30 heavy (non-hydrogen) atoms. The molecule has 2 fully saturated rings. The van der Waals surface area contributed by atoms with Crippen LogP contribution in [0.15, 0.2) is 17.1 Å². The number of carbonyl (C=O) groups excluding carboxylic acids is 1. The number of nitrogens with two attached hydrogens (primary N) is 1. The second-order valence-electron chi connectivity index (χ2n) is 6.79. The number of esters is 1. The van der Waals surface area contributed by atoms with Crippen LogP contribution in [0.3, 0.4) is 0 Å². The van der Waals surface area contributed by atoms with Gasteiger partial charge in [-0.25, -0.2) is 9.36 Å². The van der Waals surface area contributed by atoms with Gasteiger partial charge in [0.2, 0.25) is 6.23 Å². The Labute approximate surface area is 170 Å². The van der Waals surface area contributed by atoms with Crippen LogP contribution in [0.25, 0.3) is 0 Å². The lowest BCUT2D eigenvalue weighted by atomic mass is 10.1. The number of halogens is 2. The van der Waals surface area contributed by atoms with Crippen LogP contribution in [0.5, 0.6) is 0 Å². The molecular formula is C16H22F2N3O8P. The van der Waals surface area contributed by atoms with Gasteiger partial charge in [0.05, 0.1) is 25.7 Å². The first-order valence-electron chi connectivity index (χ1n) is 9.19. The first kappa shape index (κ1) is 22.8. The van der Waals surface area contributed by atoms with Crippen molar-refractivity contribution >= 4 is 19.6 Å². The smallest absolute Gasteiger partial charge is 0.466 e. The standard InChI is InChI=1S/C16H22F2N3O8P/c1-3-25-13(22)9(2)5-7-26-30(24)27-8-10-12(29-30)16(17,18)14(28-10)21-6-4-11(19)20-15(21)23/h4,6,9-10,12,14H,3,5,7-8H2,1-2H3,(H2,19,20,23)/t9-,10+,12+,14+,30-/m0/s1. The molecule has 0 saturated carbocycles. The van der Waals surface area contributed by atoms with Gasteiger partial charge in [0.25, 0.3) is 0 Å². The van der Waals surface area contributed by atoms with Crippen molar-refractivity contribution in [2.24, 2.45) is 5.92 Å². The topological polar surface area (TPSA) is 141 Å². The first-order chi connectivity index (χ1) is 14.1. The Morgan fingerprint density at radius 3 is 2.93 bits per heavy atom. The Hall–Kier alpha value is -1.92. The molecule has 11 nitrogen and oxygen atoms in total. The molecular weight excluding hydrogens is 431 g/mol. The molecule has 0 spiro atoms. The molecule has 3 heterocycles. The van der Waals surface area contributed by atoms with Crippen molar-refractivity contribution in [1.82, 2.24) is 9.55 Å². The fourth-order valence-electron chi connectivity index (χ4n) is 2.98. The Bertz CT molecular complexity index is 897. The van der Waals surface area contributed by atoms with Gasteiger partial charge in [0.1, 0.15) is 11.9 Å². The zero-order valence-electron chi connectivity index (χ0n) is 16.2. The summed E-state index contributed by atoms with van der Waals surface area (Å²) in [5.74, 6) is -4.90. The number of ether oxygens (including phenoxy) is 2. The van der Waals surface area contributed by atoms with E-state index in [-0.39, 0.29) is 25.5 Å². The fourth-order valence-corrected chi connectivity index (χ4v) is 4.39. The molecule has 1 aromatic rings. The van der Waals surface area contributed by atoms with E-state index in [2.05, 4.69) is 4.98 Å². The van der Waals surface area contributed by atoms with Crippen molar-refractivity contribution in [2.45, 2.75) is 44.6 Å². The minimum atomic E-state index is -4.34. The summed E-state index contributed by atoms with van der Waals surface area (Å²) in [6, 6.07) is 1.17. The molecule has 2 aliphatic rings. The zero-order valence-corrected chi connectivity index (χ0v) is 17.1. The SMILES string of the molecule is CCOC(=O)[C@@H](C)CCO[P@@]1(=O)OC[C@H]2O[C@@H](n3ccc(N)nc3=O)C(F)(F)[C@@H]2O1. The van der Waals surface area contributed by atoms with Crippen molar-refractivity contribution in [3.63, 3.8) is 0 Å². The summed E-state index contributed by atoms with van der Waals surface area (Å²) in [7, 11) is -4.34. The lowest BCUT2D eigenvalue weighted by Gasteiger charge is -2.31. The average molecular weight is 453 g/mol. The van der Waals surface area contributed by atoms with Crippen molar-refractivity contribution in [3.8, 4) is 0 Å². The maximum atomic E-state index is 14.9. The summed E-state index contributed by atoms with van der Waals surface area (Å²) in [5.41, 5.74) is 4.33. The molecule has 0 bridgehead atoms. The third-order valence-electron chi connectivity index (χ3n) is 4.58. The molecule has 2 aliphatic heterocycles. The number of nitrogens with zero attached hydrogens (tertiary/aromatic N) is 2. The molecule has 0 radical (unpaired) electrons. The normalized spacial score (nSPS) is 31.1. The summed E-state index contributed by atoms with van der Waals surface area (Å²) < 4.78 is 68.2. The van der Waals surface area contributed by atoms with E-state index in [0.29, 0.717) is 4.57 Å². The van der Waals surface area contributed by atoms with Gasteiger partial charge in [0.15, 0.2) is 6.10 Å². The summed E-state index contributed by atoms with van der Waals surface area (Å²) in [4.78, 5) is 26.9. The minimum absolute atomic E-state index is 0.117.